The second-order valence-corrected chi connectivity index (χ2v) is 9.81. The first-order valence-electron chi connectivity index (χ1n) is 11.8. The van der Waals surface area contributed by atoms with Crippen LogP contribution in [0.3, 0.4) is 0 Å². The zero-order valence-electron chi connectivity index (χ0n) is 20.3. The van der Waals surface area contributed by atoms with E-state index in [4.69, 9.17) is 4.74 Å². The van der Waals surface area contributed by atoms with Crippen molar-refractivity contribution < 1.29 is 14.3 Å². The minimum Gasteiger partial charge on any atom is -0.497 e. The number of aryl methyl sites for hydroxylation is 1. The van der Waals surface area contributed by atoms with Crippen molar-refractivity contribution in [1.29, 1.82) is 0 Å². The standard InChI is InChI=1S/C28H34N2O3S/c1-4-5-17-29(27(31)18-23-12-14-25(33-3)15-13-23)21-28(32)30(19-24-9-7-6-8-10-24)20-26-16-11-22(2)34-26/h6-16H,4-5,17-21H2,1-3H3. The molecule has 0 spiro atoms. The molecule has 0 unspecified atom stereocenters. The highest BCUT2D eigenvalue weighted by Gasteiger charge is 2.22. The van der Waals surface area contributed by atoms with Gasteiger partial charge in [-0.3, -0.25) is 9.59 Å². The van der Waals surface area contributed by atoms with E-state index in [1.54, 1.807) is 23.3 Å². The van der Waals surface area contributed by atoms with Gasteiger partial charge in [0.15, 0.2) is 0 Å². The second kappa shape index (κ2) is 12.9. The normalized spacial score (nSPS) is 10.7. The number of benzene rings is 2. The van der Waals surface area contributed by atoms with Crippen LogP contribution >= 0.6 is 11.3 Å². The lowest BCUT2D eigenvalue weighted by atomic mass is 10.1. The van der Waals surface area contributed by atoms with E-state index in [0.29, 0.717) is 19.6 Å². The first-order valence-corrected chi connectivity index (χ1v) is 12.6. The quantitative estimate of drug-likeness (QED) is 0.347. The minimum absolute atomic E-state index is 0.0291. The van der Waals surface area contributed by atoms with Crippen molar-refractivity contribution in [2.24, 2.45) is 0 Å². The summed E-state index contributed by atoms with van der Waals surface area (Å²) in [4.78, 5) is 32.6. The number of hydrogen-bond donors (Lipinski definition) is 0. The molecular weight excluding hydrogens is 444 g/mol. The highest BCUT2D eigenvalue weighted by atomic mass is 32.1. The van der Waals surface area contributed by atoms with E-state index in [-0.39, 0.29) is 24.8 Å². The number of amides is 2. The Hall–Kier alpha value is -3.12. The molecule has 3 aromatic rings. The molecule has 6 heteroatoms. The van der Waals surface area contributed by atoms with E-state index in [1.807, 2.05) is 59.5 Å². The maximum Gasteiger partial charge on any atom is 0.242 e. The van der Waals surface area contributed by atoms with Crippen molar-refractivity contribution >= 4 is 23.2 Å². The van der Waals surface area contributed by atoms with Crippen molar-refractivity contribution in [3.8, 4) is 5.75 Å². The lowest BCUT2D eigenvalue weighted by Crippen LogP contribution is -2.43. The van der Waals surface area contributed by atoms with Gasteiger partial charge in [-0.2, -0.15) is 0 Å². The van der Waals surface area contributed by atoms with Crippen LogP contribution in [0.4, 0.5) is 0 Å². The third-order valence-corrected chi connectivity index (χ3v) is 6.67. The molecule has 0 saturated heterocycles. The molecule has 0 radical (unpaired) electrons. The topological polar surface area (TPSA) is 49.9 Å². The molecule has 1 heterocycles. The number of ether oxygens (including phenoxy) is 1. The molecule has 0 N–H and O–H groups in total. The zero-order chi connectivity index (χ0) is 24.3. The third-order valence-electron chi connectivity index (χ3n) is 5.69. The number of rotatable bonds is 12. The van der Waals surface area contributed by atoms with Gasteiger partial charge < -0.3 is 14.5 Å². The average molecular weight is 479 g/mol. The number of unbranched alkanes of at least 4 members (excludes halogenated alkanes) is 1. The second-order valence-electron chi connectivity index (χ2n) is 8.44. The first-order chi connectivity index (χ1) is 16.5. The summed E-state index contributed by atoms with van der Waals surface area (Å²) < 4.78 is 5.21. The Morgan fingerprint density at radius 1 is 0.853 bits per heavy atom. The highest BCUT2D eigenvalue weighted by Crippen LogP contribution is 2.19. The fourth-order valence-corrected chi connectivity index (χ4v) is 4.63. The number of methoxy groups -OCH3 is 1. The van der Waals surface area contributed by atoms with E-state index in [0.717, 1.165) is 34.6 Å². The van der Waals surface area contributed by atoms with Crippen LogP contribution in [0.25, 0.3) is 0 Å². The fraction of sp³-hybridized carbons (Fsp3) is 0.357. The minimum atomic E-state index is -0.0332. The molecule has 0 saturated carbocycles. The summed E-state index contributed by atoms with van der Waals surface area (Å²) in [7, 11) is 1.62. The van der Waals surface area contributed by atoms with Crippen LogP contribution in [0, 0.1) is 6.92 Å². The Morgan fingerprint density at radius 2 is 1.59 bits per heavy atom. The van der Waals surface area contributed by atoms with Crippen LogP contribution in [-0.2, 0) is 29.1 Å². The number of nitrogens with zero attached hydrogens (tertiary/aromatic N) is 2. The van der Waals surface area contributed by atoms with Crippen molar-refractivity contribution in [3.05, 3.63) is 87.6 Å². The summed E-state index contributed by atoms with van der Waals surface area (Å²) in [6.45, 7) is 5.89. The van der Waals surface area contributed by atoms with Crippen molar-refractivity contribution in [2.45, 2.75) is 46.2 Å². The number of hydrogen-bond acceptors (Lipinski definition) is 4. The van der Waals surface area contributed by atoms with E-state index >= 15 is 0 Å². The Balaban J connectivity index is 1.73. The lowest BCUT2D eigenvalue weighted by molar-refractivity contribution is -0.141. The van der Waals surface area contributed by atoms with Gasteiger partial charge in [0, 0.05) is 22.8 Å². The fourth-order valence-electron chi connectivity index (χ4n) is 3.73. The van der Waals surface area contributed by atoms with Crippen LogP contribution in [0.1, 0.15) is 40.6 Å². The summed E-state index contributed by atoms with van der Waals surface area (Å²) in [6, 6.07) is 21.7. The van der Waals surface area contributed by atoms with Gasteiger partial charge in [-0.25, -0.2) is 0 Å². The molecule has 2 aromatic carbocycles. The molecule has 1 aromatic heterocycles. The van der Waals surface area contributed by atoms with E-state index in [2.05, 4.69) is 26.0 Å². The van der Waals surface area contributed by atoms with Crippen molar-refractivity contribution in [3.63, 3.8) is 0 Å². The Kier molecular flexibility index (Phi) is 9.71. The number of thiophene rings is 1. The van der Waals surface area contributed by atoms with Crippen LogP contribution in [0.5, 0.6) is 5.75 Å². The summed E-state index contributed by atoms with van der Waals surface area (Å²) in [5.41, 5.74) is 1.99. The smallest absolute Gasteiger partial charge is 0.242 e. The molecule has 0 atom stereocenters. The zero-order valence-corrected chi connectivity index (χ0v) is 21.1. The molecule has 180 valence electrons. The molecule has 0 aliphatic rings. The predicted octanol–water partition coefficient (Wildman–Crippen LogP) is 5.47. The number of carbonyl (C=O) groups excluding carboxylic acids is 2. The Bertz CT molecular complexity index is 1050. The van der Waals surface area contributed by atoms with Gasteiger partial charge in [0.05, 0.1) is 26.6 Å². The van der Waals surface area contributed by atoms with Gasteiger partial charge in [0.2, 0.25) is 11.8 Å². The van der Waals surface area contributed by atoms with E-state index in [9.17, 15) is 9.59 Å². The molecule has 2 amide bonds. The summed E-state index contributed by atoms with van der Waals surface area (Å²) in [6.07, 6.45) is 2.09. The average Bonchev–Trinajstić information content (AvgIpc) is 3.26. The number of carbonyl (C=O) groups is 2. The van der Waals surface area contributed by atoms with Crippen LogP contribution in [0.2, 0.25) is 0 Å². The van der Waals surface area contributed by atoms with Gasteiger partial charge in [-0.1, -0.05) is 55.8 Å². The largest absolute Gasteiger partial charge is 0.497 e. The van der Waals surface area contributed by atoms with Crippen molar-refractivity contribution in [2.75, 3.05) is 20.2 Å². The molecule has 0 aliphatic heterocycles. The molecule has 34 heavy (non-hydrogen) atoms. The summed E-state index contributed by atoms with van der Waals surface area (Å²) in [5.74, 6) is 0.697. The Morgan fingerprint density at radius 3 is 2.21 bits per heavy atom. The maximum atomic E-state index is 13.5. The van der Waals surface area contributed by atoms with E-state index in [1.165, 1.54) is 4.88 Å². The van der Waals surface area contributed by atoms with Crippen LogP contribution < -0.4 is 4.74 Å². The molecule has 0 fully saturated rings. The van der Waals surface area contributed by atoms with Crippen LogP contribution in [-0.4, -0.2) is 41.8 Å². The van der Waals surface area contributed by atoms with Crippen molar-refractivity contribution in [1.82, 2.24) is 9.80 Å². The molecule has 0 aliphatic carbocycles. The van der Waals surface area contributed by atoms with Gasteiger partial charge in [0.1, 0.15) is 5.75 Å². The lowest BCUT2D eigenvalue weighted by Gasteiger charge is -2.28. The molecule has 5 nitrogen and oxygen atoms in total. The monoisotopic (exact) mass is 478 g/mol. The van der Waals surface area contributed by atoms with Gasteiger partial charge in [0.25, 0.3) is 0 Å². The third kappa shape index (κ3) is 7.73. The summed E-state index contributed by atoms with van der Waals surface area (Å²) >= 11 is 1.70. The van der Waals surface area contributed by atoms with Gasteiger partial charge in [-0.05, 0) is 48.7 Å². The Labute approximate surface area is 207 Å². The predicted molar refractivity (Wildman–Crippen MR) is 138 cm³/mol. The molecule has 3 rings (SSSR count). The molecular formula is C28H34N2O3S. The maximum absolute atomic E-state index is 13.5. The van der Waals surface area contributed by atoms with E-state index < -0.39 is 0 Å². The van der Waals surface area contributed by atoms with Crippen LogP contribution in [0.15, 0.2) is 66.7 Å². The SMILES string of the molecule is CCCCN(CC(=O)N(Cc1ccccc1)Cc1ccc(C)s1)C(=O)Cc1ccc(OC)cc1. The van der Waals surface area contributed by atoms with Gasteiger partial charge >= 0.3 is 0 Å². The highest BCUT2D eigenvalue weighted by molar-refractivity contribution is 7.11. The van der Waals surface area contributed by atoms with Gasteiger partial charge in [-0.15, -0.1) is 11.3 Å². The first kappa shape index (κ1) is 25.5. The molecule has 0 bridgehead atoms. The summed E-state index contributed by atoms with van der Waals surface area (Å²) in [5, 5.41) is 0.